The van der Waals surface area contributed by atoms with E-state index < -0.39 is 11.5 Å². The van der Waals surface area contributed by atoms with Gasteiger partial charge >= 0.3 is 5.97 Å². The number of anilines is 1. The van der Waals surface area contributed by atoms with Crippen LogP contribution in [-0.4, -0.2) is 16.6 Å². The van der Waals surface area contributed by atoms with Crippen molar-refractivity contribution in [1.29, 1.82) is 5.26 Å². The summed E-state index contributed by atoms with van der Waals surface area (Å²) in [5.41, 5.74) is 0.106. The molecule has 1 fully saturated rings. The predicted octanol–water partition coefficient (Wildman–Crippen LogP) is 3.66. The molecule has 0 spiro atoms. The Labute approximate surface area is 123 Å². The van der Waals surface area contributed by atoms with Gasteiger partial charge in [0.05, 0.1) is 10.6 Å². The number of hydrogen-bond donors (Lipinski definition) is 2. The van der Waals surface area contributed by atoms with Crippen molar-refractivity contribution < 1.29 is 9.90 Å². The van der Waals surface area contributed by atoms with Gasteiger partial charge in [0.25, 0.3) is 0 Å². The molecular formula is C15H17ClN2O2. The molecule has 2 rings (SSSR count). The number of carbonyl (C=O) groups is 1. The van der Waals surface area contributed by atoms with Crippen molar-refractivity contribution in [2.75, 3.05) is 5.32 Å². The molecule has 0 unspecified atom stereocenters. The summed E-state index contributed by atoms with van der Waals surface area (Å²) in [6.45, 7) is 2.14. The SMILES string of the molecule is CC1CCC(Nc2ccc(C#N)c(Cl)c2)(C(=O)O)CC1. The minimum Gasteiger partial charge on any atom is -0.480 e. The summed E-state index contributed by atoms with van der Waals surface area (Å²) in [7, 11) is 0. The monoisotopic (exact) mass is 292 g/mol. The van der Waals surface area contributed by atoms with Crippen LogP contribution < -0.4 is 5.32 Å². The molecule has 0 radical (unpaired) electrons. The van der Waals surface area contributed by atoms with Gasteiger partial charge in [-0.2, -0.15) is 5.26 Å². The second kappa shape index (κ2) is 5.72. The van der Waals surface area contributed by atoms with Crippen molar-refractivity contribution in [3.63, 3.8) is 0 Å². The number of carboxylic acid groups (broad SMARTS) is 1. The van der Waals surface area contributed by atoms with Gasteiger partial charge in [0.2, 0.25) is 0 Å². The highest BCUT2D eigenvalue weighted by Gasteiger charge is 2.41. The fourth-order valence-electron chi connectivity index (χ4n) is 2.61. The molecular weight excluding hydrogens is 276 g/mol. The molecule has 2 N–H and O–H groups in total. The van der Waals surface area contributed by atoms with Crippen molar-refractivity contribution in [3.8, 4) is 6.07 Å². The third-order valence-corrected chi connectivity index (χ3v) is 4.32. The minimum absolute atomic E-state index is 0.335. The molecule has 0 bridgehead atoms. The summed E-state index contributed by atoms with van der Waals surface area (Å²) in [4.78, 5) is 11.6. The van der Waals surface area contributed by atoms with Gasteiger partial charge in [-0.05, 0) is 49.8 Å². The Morgan fingerprint density at radius 3 is 2.65 bits per heavy atom. The Bertz CT molecular complexity index is 557. The van der Waals surface area contributed by atoms with Gasteiger partial charge in [-0.25, -0.2) is 4.79 Å². The van der Waals surface area contributed by atoms with E-state index in [0.717, 1.165) is 12.8 Å². The molecule has 0 amide bonds. The van der Waals surface area contributed by atoms with Crippen molar-refractivity contribution in [1.82, 2.24) is 0 Å². The van der Waals surface area contributed by atoms with Gasteiger partial charge in [-0.1, -0.05) is 18.5 Å². The van der Waals surface area contributed by atoms with E-state index in [1.54, 1.807) is 18.2 Å². The Balaban J connectivity index is 2.23. The fraction of sp³-hybridized carbons (Fsp3) is 0.467. The van der Waals surface area contributed by atoms with E-state index >= 15 is 0 Å². The average molecular weight is 293 g/mol. The van der Waals surface area contributed by atoms with Gasteiger partial charge < -0.3 is 10.4 Å². The number of hydrogen-bond acceptors (Lipinski definition) is 3. The van der Waals surface area contributed by atoms with Crippen LogP contribution in [0.15, 0.2) is 18.2 Å². The topological polar surface area (TPSA) is 73.1 Å². The third kappa shape index (κ3) is 2.88. The van der Waals surface area contributed by atoms with Gasteiger partial charge in [0.15, 0.2) is 0 Å². The molecule has 106 valence electrons. The van der Waals surface area contributed by atoms with Gasteiger partial charge in [-0.15, -0.1) is 0 Å². The number of rotatable bonds is 3. The van der Waals surface area contributed by atoms with Gasteiger partial charge in [-0.3, -0.25) is 0 Å². The molecule has 1 aliphatic rings. The lowest BCUT2D eigenvalue weighted by molar-refractivity contribution is -0.143. The first kappa shape index (κ1) is 14.7. The first-order valence-corrected chi connectivity index (χ1v) is 7.06. The molecule has 5 heteroatoms. The number of nitrogens with zero attached hydrogens (tertiary/aromatic N) is 1. The molecule has 0 heterocycles. The molecule has 0 aliphatic heterocycles. The van der Waals surface area contributed by atoms with Crippen LogP contribution in [0.4, 0.5) is 5.69 Å². The highest BCUT2D eigenvalue weighted by molar-refractivity contribution is 6.32. The Hall–Kier alpha value is -1.73. The summed E-state index contributed by atoms with van der Waals surface area (Å²) in [6.07, 6.45) is 2.98. The van der Waals surface area contributed by atoms with E-state index in [9.17, 15) is 9.90 Å². The number of carboxylic acids is 1. The van der Waals surface area contributed by atoms with Gasteiger partial charge in [0.1, 0.15) is 11.6 Å². The number of halogens is 1. The molecule has 20 heavy (non-hydrogen) atoms. The molecule has 0 aromatic heterocycles. The van der Waals surface area contributed by atoms with E-state index in [1.807, 2.05) is 6.07 Å². The summed E-state index contributed by atoms with van der Waals surface area (Å²) in [5.74, 6) is -0.265. The Kier molecular flexibility index (Phi) is 4.20. The predicted molar refractivity (Wildman–Crippen MR) is 77.8 cm³/mol. The maximum atomic E-state index is 11.6. The molecule has 0 saturated heterocycles. The van der Waals surface area contributed by atoms with Crippen LogP contribution in [0.1, 0.15) is 38.2 Å². The lowest BCUT2D eigenvalue weighted by Gasteiger charge is -2.37. The quantitative estimate of drug-likeness (QED) is 0.892. The van der Waals surface area contributed by atoms with Crippen LogP contribution in [-0.2, 0) is 4.79 Å². The smallest absolute Gasteiger partial charge is 0.329 e. The van der Waals surface area contributed by atoms with Crippen LogP contribution in [0, 0.1) is 17.2 Å². The number of nitrogens with one attached hydrogen (secondary N) is 1. The zero-order chi connectivity index (χ0) is 14.8. The lowest BCUT2D eigenvalue weighted by Crippen LogP contribution is -2.48. The zero-order valence-electron chi connectivity index (χ0n) is 11.3. The molecule has 1 aromatic carbocycles. The molecule has 0 atom stereocenters. The van der Waals surface area contributed by atoms with Crippen LogP contribution >= 0.6 is 11.6 Å². The van der Waals surface area contributed by atoms with E-state index in [1.165, 1.54) is 0 Å². The lowest BCUT2D eigenvalue weighted by atomic mass is 9.77. The first-order chi connectivity index (χ1) is 9.47. The highest BCUT2D eigenvalue weighted by atomic mass is 35.5. The van der Waals surface area contributed by atoms with Crippen molar-refractivity contribution in [3.05, 3.63) is 28.8 Å². The summed E-state index contributed by atoms with van der Waals surface area (Å²) in [5, 5.41) is 21.9. The zero-order valence-corrected chi connectivity index (χ0v) is 12.1. The average Bonchev–Trinajstić information content (AvgIpc) is 2.41. The number of benzene rings is 1. The third-order valence-electron chi connectivity index (χ3n) is 4.01. The highest BCUT2D eigenvalue weighted by Crippen LogP contribution is 2.35. The van der Waals surface area contributed by atoms with Crippen LogP contribution in [0.2, 0.25) is 5.02 Å². The van der Waals surface area contributed by atoms with Crippen molar-refractivity contribution in [2.45, 2.75) is 38.1 Å². The van der Waals surface area contributed by atoms with Crippen LogP contribution in [0.3, 0.4) is 0 Å². The first-order valence-electron chi connectivity index (χ1n) is 6.68. The normalized spacial score (nSPS) is 25.8. The summed E-state index contributed by atoms with van der Waals surface area (Å²) in [6, 6.07) is 6.91. The van der Waals surface area contributed by atoms with Crippen molar-refractivity contribution in [2.24, 2.45) is 5.92 Å². The maximum Gasteiger partial charge on any atom is 0.329 e. The molecule has 1 aliphatic carbocycles. The number of aliphatic carboxylic acids is 1. The molecule has 1 aromatic rings. The Morgan fingerprint density at radius 1 is 1.50 bits per heavy atom. The standard InChI is InChI=1S/C15H17ClN2O2/c1-10-4-6-15(7-5-10,14(19)20)18-12-3-2-11(9-17)13(16)8-12/h2-3,8,10,18H,4-7H2,1H3,(H,19,20). The van der Waals surface area contributed by atoms with E-state index in [0.29, 0.717) is 35.0 Å². The Morgan fingerprint density at radius 2 is 2.15 bits per heavy atom. The summed E-state index contributed by atoms with van der Waals surface area (Å²) >= 11 is 5.99. The largest absolute Gasteiger partial charge is 0.480 e. The van der Waals surface area contributed by atoms with Crippen LogP contribution in [0.5, 0.6) is 0 Å². The molecule has 1 saturated carbocycles. The van der Waals surface area contributed by atoms with Crippen LogP contribution in [0.25, 0.3) is 0 Å². The maximum absolute atomic E-state index is 11.6. The molecule has 4 nitrogen and oxygen atoms in total. The fourth-order valence-corrected chi connectivity index (χ4v) is 2.83. The van der Waals surface area contributed by atoms with E-state index in [-0.39, 0.29) is 0 Å². The van der Waals surface area contributed by atoms with Gasteiger partial charge in [0, 0.05) is 5.69 Å². The minimum atomic E-state index is -0.927. The second-order valence-corrected chi connectivity index (χ2v) is 5.91. The van der Waals surface area contributed by atoms with E-state index in [4.69, 9.17) is 16.9 Å². The second-order valence-electron chi connectivity index (χ2n) is 5.50. The van der Waals surface area contributed by atoms with E-state index in [2.05, 4.69) is 12.2 Å². The number of nitriles is 1. The van der Waals surface area contributed by atoms with Crippen molar-refractivity contribution >= 4 is 23.3 Å². The summed E-state index contributed by atoms with van der Waals surface area (Å²) < 4.78 is 0.